The van der Waals surface area contributed by atoms with Gasteiger partial charge in [0.05, 0.1) is 13.0 Å². The lowest BCUT2D eigenvalue weighted by molar-refractivity contribution is -0.121. The molecular formula is C27H36Cl3F2N2O2+. The van der Waals surface area contributed by atoms with Gasteiger partial charge in [0, 0.05) is 30.2 Å². The van der Waals surface area contributed by atoms with E-state index < -0.39 is 0 Å². The van der Waals surface area contributed by atoms with E-state index >= 15 is 0 Å². The minimum absolute atomic E-state index is 0.00643. The van der Waals surface area contributed by atoms with Crippen LogP contribution in [-0.4, -0.2) is 22.9 Å². The van der Waals surface area contributed by atoms with Gasteiger partial charge in [-0.15, -0.1) is 23.2 Å². The second kappa shape index (κ2) is 21.2. The minimum atomic E-state index is -0.269. The zero-order valence-electron chi connectivity index (χ0n) is 20.6. The van der Waals surface area contributed by atoms with Crippen LogP contribution in [0.25, 0.3) is 0 Å². The molecule has 0 aliphatic carbocycles. The molecule has 0 aliphatic rings. The van der Waals surface area contributed by atoms with E-state index in [1.165, 1.54) is 24.3 Å². The SMILES string of the molecule is CC(NC(=O)CCCCCl)c1ccc(F)cc1.O=C(Cl)CCCCCCl.[CH2+]C(N)c1ccc(F)cc1. The van der Waals surface area contributed by atoms with Crippen molar-refractivity contribution in [3.05, 3.63) is 78.2 Å². The van der Waals surface area contributed by atoms with Crippen LogP contribution in [-0.2, 0) is 9.59 Å². The fraction of sp³-hybridized carbons (Fsp3) is 0.444. The van der Waals surface area contributed by atoms with Gasteiger partial charge in [0.1, 0.15) is 11.6 Å². The molecule has 2 aromatic rings. The van der Waals surface area contributed by atoms with Crippen molar-refractivity contribution in [2.24, 2.45) is 5.73 Å². The molecule has 4 nitrogen and oxygen atoms in total. The molecule has 3 N–H and O–H groups in total. The molecule has 0 aromatic heterocycles. The van der Waals surface area contributed by atoms with Crippen molar-refractivity contribution in [2.75, 3.05) is 11.8 Å². The standard InChI is InChI=1S/C13H17ClFNO.C8H9FN.C6H10Cl2O/c1-10(11-5-7-12(15)8-6-11)16-13(17)4-2-3-9-14;1-6(10)7-2-4-8(9)5-3-7;7-5-3-1-2-4-6(8)9/h5-8,10H,2-4,9H2,1H3,(H,16,17);2-6H,1,10H2;1-5H2/q;+1;. The van der Waals surface area contributed by atoms with Crippen molar-refractivity contribution >= 4 is 46.0 Å². The summed E-state index contributed by atoms with van der Waals surface area (Å²) in [4.78, 5) is 21.7. The van der Waals surface area contributed by atoms with Crippen LogP contribution in [0.15, 0.2) is 48.5 Å². The van der Waals surface area contributed by atoms with Crippen LogP contribution in [0, 0.1) is 18.6 Å². The van der Waals surface area contributed by atoms with E-state index in [0.29, 0.717) is 24.6 Å². The summed E-state index contributed by atoms with van der Waals surface area (Å²) >= 11 is 16.0. The fourth-order valence-corrected chi connectivity index (χ4v) is 3.29. The third kappa shape index (κ3) is 18.4. The third-order valence-electron chi connectivity index (χ3n) is 4.84. The molecular weight excluding hydrogens is 529 g/mol. The molecule has 0 fully saturated rings. The number of alkyl halides is 2. The maximum Gasteiger partial charge on any atom is 0.221 e. The van der Waals surface area contributed by atoms with Gasteiger partial charge in [-0.25, -0.2) is 8.78 Å². The van der Waals surface area contributed by atoms with Crippen molar-refractivity contribution in [2.45, 2.75) is 64.0 Å². The summed E-state index contributed by atoms with van der Waals surface area (Å²) in [5.74, 6) is 0.753. The second-order valence-corrected chi connectivity index (χ2v) is 9.18. The van der Waals surface area contributed by atoms with Crippen LogP contribution in [0.3, 0.4) is 0 Å². The normalized spacial score (nSPS) is 11.8. The Morgan fingerprint density at radius 3 is 1.72 bits per heavy atom. The monoisotopic (exact) mass is 563 g/mol. The Morgan fingerprint density at radius 1 is 0.833 bits per heavy atom. The average molecular weight is 565 g/mol. The van der Waals surface area contributed by atoms with Gasteiger partial charge in [-0.2, -0.15) is 0 Å². The number of halogens is 5. The van der Waals surface area contributed by atoms with E-state index in [4.69, 9.17) is 40.5 Å². The molecule has 9 heteroatoms. The highest BCUT2D eigenvalue weighted by Crippen LogP contribution is 2.13. The van der Waals surface area contributed by atoms with E-state index in [1.807, 2.05) is 6.92 Å². The molecule has 2 atom stereocenters. The summed E-state index contributed by atoms with van der Waals surface area (Å²) in [6.07, 6.45) is 5.46. The number of nitrogens with one attached hydrogen (secondary N) is 1. The average Bonchev–Trinajstić information content (AvgIpc) is 2.83. The van der Waals surface area contributed by atoms with E-state index in [-0.39, 0.29) is 34.9 Å². The van der Waals surface area contributed by atoms with Gasteiger partial charge in [-0.1, -0.05) is 30.7 Å². The zero-order valence-corrected chi connectivity index (χ0v) is 22.9. The number of nitrogens with two attached hydrogens (primary N) is 1. The molecule has 1 amide bonds. The molecule has 2 aromatic carbocycles. The molecule has 2 rings (SSSR count). The predicted octanol–water partition coefficient (Wildman–Crippen LogP) is 7.62. The number of carbonyl (C=O) groups excluding carboxylic acids is 2. The Bertz CT molecular complexity index is 851. The quantitative estimate of drug-likeness (QED) is 0.120. The van der Waals surface area contributed by atoms with Gasteiger partial charge in [0.25, 0.3) is 0 Å². The van der Waals surface area contributed by atoms with Gasteiger partial charge >= 0.3 is 0 Å². The van der Waals surface area contributed by atoms with Crippen molar-refractivity contribution in [3.63, 3.8) is 0 Å². The summed E-state index contributed by atoms with van der Waals surface area (Å²) in [5, 5.41) is 2.62. The van der Waals surface area contributed by atoms with Crippen molar-refractivity contribution in [1.29, 1.82) is 0 Å². The first kappa shape index (κ1) is 34.1. The zero-order chi connectivity index (χ0) is 27.3. The van der Waals surface area contributed by atoms with Crippen LogP contribution in [0.2, 0.25) is 0 Å². The first-order valence-electron chi connectivity index (χ1n) is 11.8. The van der Waals surface area contributed by atoms with Crippen molar-refractivity contribution < 1.29 is 18.4 Å². The van der Waals surface area contributed by atoms with Crippen molar-refractivity contribution in [1.82, 2.24) is 5.32 Å². The highest BCUT2D eigenvalue weighted by molar-refractivity contribution is 6.63. The van der Waals surface area contributed by atoms with Crippen LogP contribution in [0.4, 0.5) is 8.78 Å². The molecule has 2 unspecified atom stereocenters. The predicted molar refractivity (Wildman–Crippen MR) is 146 cm³/mol. The number of benzene rings is 2. The lowest BCUT2D eigenvalue weighted by Crippen LogP contribution is -2.26. The summed E-state index contributed by atoms with van der Waals surface area (Å²) in [6, 6.07) is 11.8. The summed E-state index contributed by atoms with van der Waals surface area (Å²) < 4.78 is 25.0. The first-order valence-corrected chi connectivity index (χ1v) is 13.2. The van der Waals surface area contributed by atoms with Crippen LogP contribution in [0.5, 0.6) is 0 Å². The molecule has 0 radical (unpaired) electrons. The van der Waals surface area contributed by atoms with Crippen molar-refractivity contribution in [3.8, 4) is 0 Å². The summed E-state index contributed by atoms with van der Waals surface area (Å²) in [7, 11) is 0. The molecule has 0 aliphatic heterocycles. The molecule has 200 valence electrons. The number of amides is 1. The number of hydrogen-bond acceptors (Lipinski definition) is 3. The lowest BCUT2D eigenvalue weighted by atomic mass is 10.1. The van der Waals surface area contributed by atoms with E-state index in [9.17, 15) is 18.4 Å². The highest BCUT2D eigenvalue weighted by atomic mass is 35.5. The van der Waals surface area contributed by atoms with E-state index in [1.54, 1.807) is 24.3 Å². The molecule has 0 bridgehead atoms. The Balaban J connectivity index is 0.000000551. The Kier molecular flexibility index (Phi) is 20.1. The van der Waals surface area contributed by atoms with E-state index in [0.717, 1.165) is 43.2 Å². The topological polar surface area (TPSA) is 72.2 Å². The first-order chi connectivity index (χ1) is 17.1. The Labute approximate surface area is 228 Å². The number of unbranched alkanes of at least 4 members (excludes halogenated alkanes) is 3. The van der Waals surface area contributed by atoms with Crippen LogP contribution >= 0.6 is 34.8 Å². The maximum atomic E-state index is 12.7. The second-order valence-electron chi connectivity index (χ2n) is 8.00. The fourth-order valence-electron chi connectivity index (χ4n) is 2.77. The number of carbonyl (C=O) groups is 2. The third-order valence-corrected chi connectivity index (χ3v) is 5.56. The Hall–Kier alpha value is -1.86. The largest absolute Gasteiger partial charge is 0.350 e. The molecule has 0 saturated carbocycles. The summed E-state index contributed by atoms with van der Waals surface area (Å²) in [6.45, 7) is 5.48. The molecule has 0 spiro atoms. The molecule has 0 heterocycles. The smallest absolute Gasteiger partial charge is 0.221 e. The minimum Gasteiger partial charge on any atom is -0.350 e. The van der Waals surface area contributed by atoms with E-state index in [2.05, 4.69) is 12.2 Å². The van der Waals surface area contributed by atoms with Gasteiger partial charge in [-0.3, -0.25) is 15.3 Å². The maximum absolute atomic E-state index is 12.7. The number of hydrogen-bond donors (Lipinski definition) is 2. The highest BCUT2D eigenvalue weighted by Gasteiger charge is 2.09. The van der Waals surface area contributed by atoms with Gasteiger partial charge in [-0.05, 0) is 74.0 Å². The van der Waals surface area contributed by atoms with Crippen LogP contribution < -0.4 is 11.1 Å². The summed E-state index contributed by atoms with van der Waals surface area (Å²) in [5.41, 5.74) is 7.18. The number of rotatable bonds is 12. The molecule has 0 saturated heterocycles. The Morgan fingerprint density at radius 2 is 1.28 bits per heavy atom. The van der Waals surface area contributed by atoms with Gasteiger partial charge in [0.15, 0.2) is 6.04 Å². The van der Waals surface area contributed by atoms with Gasteiger partial charge in [0.2, 0.25) is 11.1 Å². The van der Waals surface area contributed by atoms with Gasteiger partial charge < -0.3 is 5.32 Å². The lowest BCUT2D eigenvalue weighted by Gasteiger charge is -2.14. The van der Waals surface area contributed by atoms with Crippen LogP contribution in [0.1, 0.15) is 75.1 Å². The molecule has 36 heavy (non-hydrogen) atoms.